The van der Waals surface area contributed by atoms with Crippen molar-refractivity contribution in [3.8, 4) is 0 Å². The Morgan fingerprint density at radius 3 is 1.79 bits per heavy atom. The molecule has 0 radical (unpaired) electrons. The van der Waals surface area contributed by atoms with Gasteiger partial charge in [-0.3, -0.25) is 4.90 Å². The summed E-state index contributed by atoms with van der Waals surface area (Å²) < 4.78 is 6.20. The van der Waals surface area contributed by atoms with Crippen LogP contribution in [0.2, 0.25) is 0 Å². The minimum Gasteiger partial charge on any atom is -1.00 e. The van der Waals surface area contributed by atoms with Gasteiger partial charge in [0.05, 0.1) is 37.9 Å². The number of hydrogen-bond donors (Lipinski definition) is 1. The van der Waals surface area contributed by atoms with Crippen LogP contribution in [0.4, 0.5) is 0 Å². The van der Waals surface area contributed by atoms with E-state index in [1.54, 1.807) is 17.4 Å². The van der Waals surface area contributed by atoms with Crippen LogP contribution in [-0.4, -0.2) is 62.2 Å². The fourth-order valence-corrected chi connectivity index (χ4v) is 3.87. The van der Waals surface area contributed by atoms with E-state index in [1.165, 1.54) is 0 Å². The fraction of sp³-hybridized carbons (Fsp3) is 0.750. The molecule has 0 saturated carbocycles. The van der Waals surface area contributed by atoms with E-state index in [2.05, 4.69) is 100 Å². The van der Waals surface area contributed by atoms with Crippen LogP contribution >= 0.6 is 24.0 Å². The molecule has 6 nitrogen and oxygen atoms in total. The van der Waals surface area contributed by atoms with Crippen LogP contribution in [0.1, 0.15) is 55.4 Å². The minimum absolute atomic E-state index is 0. The number of nitrogens with one attached hydrogen (secondary N) is 1. The van der Waals surface area contributed by atoms with Gasteiger partial charge in [0.1, 0.15) is 18.9 Å². The van der Waals surface area contributed by atoms with Crippen LogP contribution in [-0.2, 0) is 20.6 Å². The fourth-order valence-electron chi connectivity index (χ4n) is 3.66. The summed E-state index contributed by atoms with van der Waals surface area (Å²) in [6.45, 7) is 21.3. The standard InChI is InChI=1S/C12H24N3.C8H18ClN.C4H6N2.2ClH/c1-11(2)15(12(3)4)9-8-14-7-6-13(5)10-14;1-7(2)10(6-5-9)8(3)4;1-6-3-2-5-4-6;;/h6-7,10-12H,8-9H2,1-5H3;7-8H,5-6H2,1-4H3;2-4H,1H3;2*1H/q+1;;;;. The van der Waals surface area contributed by atoms with Gasteiger partial charge in [-0.15, -0.1) is 24.0 Å². The molecular weight excluding hydrogens is 479 g/mol. The molecule has 2 aromatic heterocycles. The third kappa shape index (κ3) is 17.3. The van der Waals surface area contributed by atoms with Gasteiger partial charge in [0, 0.05) is 38.1 Å². The molecule has 2 heterocycles. The van der Waals surface area contributed by atoms with Gasteiger partial charge in [-0.25, -0.2) is 14.1 Å². The maximum absolute atomic E-state index is 5.66. The molecule has 0 aliphatic heterocycles. The lowest BCUT2D eigenvalue weighted by Gasteiger charge is -2.29. The first-order valence-electron chi connectivity index (χ1n) is 11.6. The van der Waals surface area contributed by atoms with E-state index in [4.69, 9.17) is 11.6 Å². The summed E-state index contributed by atoms with van der Waals surface area (Å²) in [5, 5.41) is 0. The number of nitrogens with zero attached hydrogens (tertiary/aromatic N) is 5. The van der Waals surface area contributed by atoms with Gasteiger partial charge in [0.15, 0.2) is 0 Å². The number of rotatable bonds is 9. The number of hydrogen-bond acceptors (Lipinski definition) is 2. The van der Waals surface area contributed by atoms with Crippen molar-refractivity contribution in [3.63, 3.8) is 0 Å². The summed E-state index contributed by atoms with van der Waals surface area (Å²) in [4.78, 5) is 7.89. The molecular formula is C24H50Cl3N6+. The summed E-state index contributed by atoms with van der Waals surface area (Å²) >= 11 is 5.66. The summed E-state index contributed by atoms with van der Waals surface area (Å²) in [5.74, 6) is 0.770. The molecule has 0 unspecified atom stereocenters. The van der Waals surface area contributed by atoms with Gasteiger partial charge in [-0.05, 0) is 55.4 Å². The van der Waals surface area contributed by atoms with Gasteiger partial charge >= 0.3 is 0 Å². The molecule has 196 valence electrons. The highest BCUT2D eigenvalue weighted by atomic mass is 35.5. The molecule has 33 heavy (non-hydrogen) atoms. The number of quaternary nitrogens is 1. The number of halogens is 3. The molecule has 2 rings (SSSR count). The lowest BCUT2D eigenvalue weighted by atomic mass is 10.2. The Bertz CT molecular complexity index is 641. The lowest BCUT2D eigenvalue weighted by Crippen LogP contribution is -3.18. The van der Waals surface area contributed by atoms with Crippen molar-refractivity contribution in [3.05, 3.63) is 37.4 Å². The van der Waals surface area contributed by atoms with E-state index in [0.29, 0.717) is 24.2 Å². The highest BCUT2D eigenvalue weighted by molar-refractivity contribution is 6.17. The van der Waals surface area contributed by atoms with Gasteiger partial charge in [-0.2, -0.15) is 0 Å². The van der Waals surface area contributed by atoms with Crippen molar-refractivity contribution >= 4 is 24.0 Å². The van der Waals surface area contributed by atoms with Gasteiger partial charge in [0.2, 0.25) is 6.33 Å². The zero-order valence-electron chi connectivity index (χ0n) is 22.5. The molecule has 0 fully saturated rings. The van der Waals surface area contributed by atoms with Crippen LogP contribution < -0.4 is 21.9 Å². The van der Waals surface area contributed by atoms with Crippen LogP contribution in [0.15, 0.2) is 37.4 Å². The second-order valence-electron chi connectivity index (χ2n) is 9.29. The molecule has 0 saturated heterocycles. The Labute approximate surface area is 221 Å². The Kier molecular flexibility index (Phi) is 22.9. The first kappa shape index (κ1) is 36.8. The number of aromatic nitrogens is 4. The topological polar surface area (TPSA) is 34.3 Å². The van der Waals surface area contributed by atoms with Gasteiger partial charge in [-0.1, -0.05) is 0 Å². The maximum atomic E-state index is 5.66. The zero-order chi connectivity index (χ0) is 24.0. The summed E-state index contributed by atoms with van der Waals surface area (Å²) in [6, 6.07) is 2.63. The van der Waals surface area contributed by atoms with E-state index < -0.39 is 0 Å². The quantitative estimate of drug-likeness (QED) is 0.373. The SMILES string of the molecule is CC(C)N(CCn1cc[n+](C)c1)C(C)C.CC(C)[NH+](CCCl)C(C)C.Cl.Cn1ccnc1.[Cl-]. The number of aryl methyl sites for hydroxylation is 2. The van der Waals surface area contributed by atoms with Crippen molar-refractivity contribution in [2.75, 3.05) is 19.0 Å². The summed E-state index contributed by atoms with van der Waals surface area (Å²) in [7, 11) is 3.99. The van der Waals surface area contributed by atoms with E-state index in [1.807, 2.05) is 17.8 Å². The van der Waals surface area contributed by atoms with Crippen LogP contribution in [0.3, 0.4) is 0 Å². The predicted octanol–water partition coefficient (Wildman–Crippen LogP) is 0.204. The van der Waals surface area contributed by atoms with E-state index in [0.717, 1.165) is 25.5 Å². The predicted molar refractivity (Wildman–Crippen MR) is 140 cm³/mol. The number of alkyl halides is 1. The third-order valence-electron chi connectivity index (χ3n) is 5.27. The Morgan fingerprint density at radius 2 is 1.55 bits per heavy atom. The first-order valence-corrected chi connectivity index (χ1v) is 12.1. The normalized spacial score (nSPS) is 10.7. The van der Waals surface area contributed by atoms with Crippen molar-refractivity contribution in [2.45, 2.75) is 86.1 Å². The summed E-state index contributed by atoms with van der Waals surface area (Å²) in [6.07, 6.45) is 11.7. The molecule has 0 spiro atoms. The molecule has 0 aromatic carbocycles. The van der Waals surface area contributed by atoms with Gasteiger partial charge < -0.3 is 21.9 Å². The van der Waals surface area contributed by atoms with Crippen molar-refractivity contribution in [2.24, 2.45) is 14.1 Å². The molecule has 2 aromatic rings. The van der Waals surface area contributed by atoms with Crippen molar-refractivity contribution in [1.82, 2.24) is 19.0 Å². The van der Waals surface area contributed by atoms with Gasteiger partial charge in [0.25, 0.3) is 0 Å². The molecule has 0 bridgehead atoms. The highest BCUT2D eigenvalue weighted by Crippen LogP contribution is 2.04. The van der Waals surface area contributed by atoms with E-state index in [9.17, 15) is 0 Å². The highest BCUT2D eigenvalue weighted by Gasteiger charge is 2.15. The molecule has 0 aliphatic rings. The smallest absolute Gasteiger partial charge is 0.243 e. The average molecular weight is 529 g/mol. The Hall–Kier alpha value is -0.790. The average Bonchev–Trinajstić information content (AvgIpc) is 3.30. The lowest BCUT2D eigenvalue weighted by molar-refractivity contribution is -0.939. The molecule has 0 aliphatic carbocycles. The van der Waals surface area contributed by atoms with Crippen molar-refractivity contribution < 1.29 is 21.9 Å². The third-order valence-corrected chi connectivity index (χ3v) is 5.46. The molecule has 9 heteroatoms. The largest absolute Gasteiger partial charge is 1.00 e. The zero-order valence-corrected chi connectivity index (χ0v) is 24.8. The Morgan fingerprint density at radius 1 is 1.00 bits per heavy atom. The van der Waals surface area contributed by atoms with E-state index >= 15 is 0 Å². The maximum Gasteiger partial charge on any atom is 0.243 e. The second-order valence-corrected chi connectivity index (χ2v) is 9.67. The minimum atomic E-state index is 0. The van der Waals surface area contributed by atoms with E-state index in [-0.39, 0.29) is 24.8 Å². The van der Waals surface area contributed by atoms with Crippen molar-refractivity contribution in [1.29, 1.82) is 0 Å². The summed E-state index contributed by atoms with van der Waals surface area (Å²) in [5.41, 5.74) is 0. The molecule has 1 N–H and O–H groups in total. The number of imidazole rings is 2. The second kappa shape index (κ2) is 20.6. The van der Waals surface area contributed by atoms with Crippen LogP contribution in [0.5, 0.6) is 0 Å². The molecule has 0 amide bonds. The van der Waals surface area contributed by atoms with Crippen LogP contribution in [0.25, 0.3) is 0 Å². The first-order chi connectivity index (χ1) is 14.5. The Balaban J connectivity index is -0.000000434. The monoisotopic (exact) mass is 527 g/mol. The molecule has 0 atom stereocenters. The van der Waals surface area contributed by atoms with Crippen LogP contribution in [0, 0.1) is 0 Å².